The molecule has 25 heavy (non-hydrogen) atoms. The summed E-state index contributed by atoms with van der Waals surface area (Å²) in [6.45, 7) is 1.71. The number of nitrogens with zero attached hydrogens (tertiary/aromatic N) is 2. The van der Waals surface area contributed by atoms with Crippen molar-refractivity contribution in [2.75, 3.05) is 13.1 Å². The maximum Gasteiger partial charge on any atom is 0.254 e. The molecule has 0 atom stereocenters. The normalized spacial score (nSPS) is 15.1. The highest BCUT2D eigenvalue weighted by molar-refractivity contribution is 6.07. The average Bonchev–Trinajstić information content (AvgIpc) is 2.97. The molecule has 1 aliphatic heterocycles. The summed E-state index contributed by atoms with van der Waals surface area (Å²) in [4.78, 5) is 20.0. The van der Waals surface area contributed by atoms with E-state index in [1.54, 1.807) is 0 Å². The maximum absolute atomic E-state index is 13.2. The van der Waals surface area contributed by atoms with Gasteiger partial charge in [0.25, 0.3) is 5.91 Å². The molecule has 1 aliphatic rings. The summed E-state index contributed by atoms with van der Waals surface area (Å²) in [7, 11) is 0. The third-order valence-corrected chi connectivity index (χ3v) is 4.91. The number of hydrogen-bond acceptors (Lipinski definition) is 2. The van der Waals surface area contributed by atoms with E-state index < -0.39 is 0 Å². The Kier molecular flexibility index (Phi) is 4.47. The van der Waals surface area contributed by atoms with E-state index in [4.69, 9.17) is 4.98 Å². The molecule has 3 nitrogen and oxygen atoms in total. The van der Waals surface area contributed by atoms with Crippen molar-refractivity contribution >= 4 is 16.8 Å². The molecule has 4 rings (SSSR count). The van der Waals surface area contributed by atoms with Gasteiger partial charge in [-0.15, -0.1) is 0 Å². The van der Waals surface area contributed by atoms with Gasteiger partial charge in [-0.25, -0.2) is 4.98 Å². The predicted molar refractivity (Wildman–Crippen MR) is 102 cm³/mol. The van der Waals surface area contributed by atoms with Crippen molar-refractivity contribution in [3.8, 4) is 11.3 Å². The quantitative estimate of drug-likeness (QED) is 0.668. The lowest BCUT2D eigenvalue weighted by molar-refractivity contribution is 0.0763. The summed E-state index contributed by atoms with van der Waals surface area (Å²) in [5.41, 5.74) is 3.55. The van der Waals surface area contributed by atoms with Crippen molar-refractivity contribution < 1.29 is 4.79 Å². The standard InChI is InChI=1S/C22H22N2O/c25-22(24-14-8-1-2-9-15-24)19-16-21(17-10-4-3-5-11-17)23-20-13-7-6-12-18(19)20/h3-7,10-13,16H,1-2,8-9,14-15H2. The van der Waals surface area contributed by atoms with Crippen LogP contribution in [0.15, 0.2) is 60.7 Å². The van der Waals surface area contributed by atoms with Crippen LogP contribution >= 0.6 is 0 Å². The van der Waals surface area contributed by atoms with Gasteiger partial charge >= 0.3 is 0 Å². The molecule has 3 aromatic rings. The Hall–Kier alpha value is -2.68. The number of pyridine rings is 1. The largest absolute Gasteiger partial charge is 0.339 e. The zero-order valence-electron chi connectivity index (χ0n) is 14.3. The number of carbonyl (C=O) groups excluding carboxylic acids is 1. The molecular formula is C22H22N2O. The van der Waals surface area contributed by atoms with E-state index in [2.05, 4.69) is 0 Å². The lowest BCUT2D eigenvalue weighted by Crippen LogP contribution is -2.32. The first-order chi connectivity index (χ1) is 12.3. The van der Waals surface area contributed by atoms with Gasteiger partial charge in [0.05, 0.1) is 16.8 Å². The van der Waals surface area contributed by atoms with E-state index in [1.807, 2.05) is 65.6 Å². The summed E-state index contributed by atoms with van der Waals surface area (Å²) in [6.07, 6.45) is 4.63. The van der Waals surface area contributed by atoms with Gasteiger partial charge in [-0.1, -0.05) is 61.4 Å². The zero-order valence-corrected chi connectivity index (χ0v) is 14.3. The van der Waals surface area contributed by atoms with Crippen LogP contribution in [0, 0.1) is 0 Å². The van der Waals surface area contributed by atoms with Crippen molar-refractivity contribution in [1.29, 1.82) is 0 Å². The summed E-state index contributed by atoms with van der Waals surface area (Å²) < 4.78 is 0. The molecule has 0 bridgehead atoms. The Morgan fingerprint density at radius 2 is 1.52 bits per heavy atom. The smallest absolute Gasteiger partial charge is 0.254 e. The molecule has 0 aliphatic carbocycles. The third kappa shape index (κ3) is 3.27. The maximum atomic E-state index is 13.2. The minimum atomic E-state index is 0.137. The van der Waals surface area contributed by atoms with Crippen molar-refractivity contribution in [1.82, 2.24) is 9.88 Å². The van der Waals surface area contributed by atoms with Crippen LogP contribution in [0.2, 0.25) is 0 Å². The highest BCUT2D eigenvalue weighted by atomic mass is 16.2. The van der Waals surface area contributed by atoms with Crippen LogP contribution in [0.3, 0.4) is 0 Å². The molecule has 0 spiro atoms. The summed E-state index contributed by atoms with van der Waals surface area (Å²) in [6, 6.07) is 20.0. The minimum Gasteiger partial charge on any atom is -0.339 e. The van der Waals surface area contributed by atoms with Crippen LogP contribution < -0.4 is 0 Å². The van der Waals surface area contributed by atoms with Gasteiger partial charge in [0, 0.05) is 24.0 Å². The Morgan fingerprint density at radius 3 is 2.28 bits per heavy atom. The number of amides is 1. The van der Waals surface area contributed by atoms with Crippen LogP contribution in [-0.4, -0.2) is 28.9 Å². The highest BCUT2D eigenvalue weighted by Crippen LogP contribution is 2.26. The molecule has 2 heterocycles. The molecular weight excluding hydrogens is 308 g/mol. The van der Waals surface area contributed by atoms with Crippen LogP contribution in [0.25, 0.3) is 22.2 Å². The molecule has 3 heteroatoms. The number of aromatic nitrogens is 1. The van der Waals surface area contributed by atoms with Crippen molar-refractivity contribution in [2.24, 2.45) is 0 Å². The van der Waals surface area contributed by atoms with Crippen molar-refractivity contribution in [3.63, 3.8) is 0 Å². The fourth-order valence-electron chi connectivity index (χ4n) is 3.55. The highest BCUT2D eigenvalue weighted by Gasteiger charge is 2.20. The van der Waals surface area contributed by atoms with E-state index in [0.717, 1.165) is 53.7 Å². The molecule has 0 N–H and O–H groups in total. The van der Waals surface area contributed by atoms with E-state index in [-0.39, 0.29) is 5.91 Å². The summed E-state index contributed by atoms with van der Waals surface area (Å²) in [5, 5.41) is 0.941. The van der Waals surface area contributed by atoms with E-state index in [9.17, 15) is 4.79 Å². The fourth-order valence-corrected chi connectivity index (χ4v) is 3.55. The fraction of sp³-hybridized carbons (Fsp3) is 0.273. The second-order valence-electron chi connectivity index (χ2n) is 6.64. The summed E-state index contributed by atoms with van der Waals surface area (Å²) in [5.74, 6) is 0.137. The predicted octanol–water partition coefficient (Wildman–Crippen LogP) is 4.92. The zero-order chi connectivity index (χ0) is 17.1. The molecule has 0 saturated carbocycles. The van der Waals surface area contributed by atoms with Crippen molar-refractivity contribution in [3.05, 3.63) is 66.2 Å². The Bertz CT molecular complexity index is 881. The second-order valence-corrected chi connectivity index (χ2v) is 6.64. The molecule has 0 unspecified atom stereocenters. The lowest BCUT2D eigenvalue weighted by Gasteiger charge is -2.21. The van der Waals surface area contributed by atoms with Crippen LogP contribution in [0.5, 0.6) is 0 Å². The first kappa shape index (κ1) is 15.8. The van der Waals surface area contributed by atoms with Crippen LogP contribution in [0.4, 0.5) is 0 Å². The van der Waals surface area contributed by atoms with Gasteiger partial charge in [0.2, 0.25) is 0 Å². The van der Waals surface area contributed by atoms with E-state index in [0.29, 0.717) is 0 Å². The molecule has 126 valence electrons. The SMILES string of the molecule is O=C(c1cc(-c2ccccc2)nc2ccccc12)N1CCCCCC1. The first-order valence-corrected chi connectivity index (χ1v) is 9.07. The molecule has 2 aromatic carbocycles. The minimum absolute atomic E-state index is 0.137. The second kappa shape index (κ2) is 7.06. The Labute approximate surface area is 148 Å². The average molecular weight is 330 g/mol. The number of hydrogen-bond donors (Lipinski definition) is 0. The van der Waals surface area contributed by atoms with Gasteiger partial charge < -0.3 is 4.90 Å². The number of para-hydroxylation sites is 1. The number of rotatable bonds is 2. The van der Waals surface area contributed by atoms with Crippen LogP contribution in [-0.2, 0) is 0 Å². The monoisotopic (exact) mass is 330 g/mol. The van der Waals surface area contributed by atoms with Crippen molar-refractivity contribution in [2.45, 2.75) is 25.7 Å². The van der Waals surface area contributed by atoms with Crippen LogP contribution in [0.1, 0.15) is 36.0 Å². The number of fused-ring (bicyclic) bond motifs is 1. The van der Waals surface area contributed by atoms with Gasteiger partial charge in [0.1, 0.15) is 0 Å². The molecule has 1 aromatic heterocycles. The first-order valence-electron chi connectivity index (χ1n) is 9.07. The molecule has 1 saturated heterocycles. The Balaban J connectivity index is 1.82. The number of likely N-dealkylation sites (tertiary alicyclic amines) is 1. The summed E-state index contributed by atoms with van der Waals surface area (Å²) >= 11 is 0. The van der Waals surface area contributed by atoms with Gasteiger partial charge in [-0.2, -0.15) is 0 Å². The van der Waals surface area contributed by atoms with E-state index in [1.165, 1.54) is 12.8 Å². The number of carbonyl (C=O) groups is 1. The number of benzene rings is 2. The third-order valence-electron chi connectivity index (χ3n) is 4.91. The van der Waals surface area contributed by atoms with Gasteiger partial charge in [0.15, 0.2) is 0 Å². The lowest BCUT2D eigenvalue weighted by atomic mass is 10.0. The van der Waals surface area contributed by atoms with E-state index >= 15 is 0 Å². The molecule has 1 fully saturated rings. The Morgan fingerprint density at radius 1 is 0.840 bits per heavy atom. The van der Waals surface area contributed by atoms with Gasteiger partial charge in [-0.05, 0) is 25.0 Å². The van der Waals surface area contributed by atoms with Gasteiger partial charge in [-0.3, -0.25) is 4.79 Å². The molecule has 0 radical (unpaired) electrons. The molecule has 1 amide bonds. The topological polar surface area (TPSA) is 33.2 Å².